The lowest BCUT2D eigenvalue weighted by atomic mass is 10.1. The van der Waals surface area contributed by atoms with Crippen LogP contribution < -0.4 is 15.6 Å². The Labute approximate surface area is 192 Å². The van der Waals surface area contributed by atoms with Gasteiger partial charge in [0, 0.05) is 29.4 Å². The first-order chi connectivity index (χ1) is 14.9. The number of hydrogen-bond acceptors (Lipinski definition) is 7. The van der Waals surface area contributed by atoms with Crippen molar-refractivity contribution in [3.8, 4) is 0 Å². The molecule has 0 amide bonds. The van der Waals surface area contributed by atoms with Crippen molar-refractivity contribution in [3.05, 3.63) is 63.1 Å². The molecule has 1 heterocycles. The summed E-state index contributed by atoms with van der Waals surface area (Å²) in [5, 5.41) is 8.61. The number of rotatable bonds is 8. The molecule has 0 bridgehead atoms. The molecule has 1 aromatic heterocycles. The van der Waals surface area contributed by atoms with Crippen molar-refractivity contribution in [1.29, 1.82) is 0 Å². The van der Waals surface area contributed by atoms with E-state index in [0.717, 1.165) is 35.5 Å². The Morgan fingerprint density at radius 3 is 2.42 bits per heavy atom. The largest absolute Gasteiger partial charge is 0.341 e. The van der Waals surface area contributed by atoms with Crippen LogP contribution in [0.5, 0.6) is 0 Å². The first kappa shape index (κ1) is 22.8. The minimum absolute atomic E-state index is 0.325. The van der Waals surface area contributed by atoms with Gasteiger partial charge < -0.3 is 10.2 Å². The second kappa shape index (κ2) is 10.4. The number of hydrazone groups is 1. The summed E-state index contributed by atoms with van der Waals surface area (Å²) < 4.78 is 0. The molecule has 0 saturated carbocycles. The van der Waals surface area contributed by atoms with E-state index in [1.165, 1.54) is 0 Å². The summed E-state index contributed by atoms with van der Waals surface area (Å²) in [4.78, 5) is 15.6. The molecule has 3 aromatic rings. The number of nitrogens with zero attached hydrogens (tertiary/aromatic N) is 5. The lowest BCUT2D eigenvalue weighted by Crippen LogP contribution is -2.25. The molecule has 2 N–H and O–H groups in total. The molecular formula is C22H25Cl2N7. The molecule has 31 heavy (non-hydrogen) atoms. The van der Waals surface area contributed by atoms with Crippen molar-refractivity contribution in [2.24, 2.45) is 5.10 Å². The summed E-state index contributed by atoms with van der Waals surface area (Å²) in [5.74, 6) is 1.33. The molecule has 0 fully saturated rings. The number of benzene rings is 2. The molecule has 0 aliphatic rings. The van der Waals surface area contributed by atoms with Crippen molar-refractivity contribution in [2.45, 2.75) is 27.7 Å². The molecular weight excluding hydrogens is 433 g/mol. The number of anilines is 4. The monoisotopic (exact) mass is 457 g/mol. The molecule has 0 saturated heterocycles. The normalized spacial score (nSPS) is 11.0. The maximum atomic E-state index is 6.20. The van der Waals surface area contributed by atoms with Gasteiger partial charge in [0.05, 0.1) is 11.2 Å². The van der Waals surface area contributed by atoms with Crippen LogP contribution in [0.2, 0.25) is 10.0 Å². The SMILES string of the molecule is CCN(CC)c1nc(N/N=C\c2ccc(Cl)cc2Cl)nc(Nc2cc(C)ccc2C)n1. The zero-order chi connectivity index (χ0) is 22.4. The topological polar surface area (TPSA) is 78.3 Å². The highest BCUT2D eigenvalue weighted by Crippen LogP contribution is 2.22. The smallest absolute Gasteiger partial charge is 0.250 e. The van der Waals surface area contributed by atoms with Gasteiger partial charge in [-0.05, 0) is 57.0 Å². The Morgan fingerprint density at radius 2 is 1.71 bits per heavy atom. The molecule has 3 rings (SSSR count). The molecule has 2 aromatic carbocycles. The number of halogens is 2. The van der Waals surface area contributed by atoms with Crippen molar-refractivity contribution in [1.82, 2.24) is 15.0 Å². The van der Waals surface area contributed by atoms with Crippen molar-refractivity contribution >= 4 is 52.9 Å². The Hall–Kier alpha value is -2.90. The summed E-state index contributed by atoms with van der Waals surface area (Å²) in [5.41, 5.74) is 6.79. The molecule has 0 aliphatic carbocycles. The van der Waals surface area contributed by atoms with Gasteiger partial charge in [0.2, 0.25) is 17.8 Å². The van der Waals surface area contributed by atoms with E-state index in [-0.39, 0.29) is 0 Å². The van der Waals surface area contributed by atoms with E-state index < -0.39 is 0 Å². The molecule has 0 radical (unpaired) electrons. The van der Waals surface area contributed by atoms with Crippen LogP contribution in [0, 0.1) is 13.8 Å². The molecule has 0 aliphatic heterocycles. The van der Waals surface area contributed by atoms with Gasteiger partial charge in [-0.3, -0.25) is 0 Å². The third-order valence-electron chi connectivity index (χ3n) is 4.64. The van der Waals surface area contributed by atoms with Gasteiger partial charge in [0.25, 0.3) is 0 Å². The Morgan fingerprint density at radius 1 is 0.968 bits per heavy atom. The lowest BCUT2D eigenvalue weighted by Gasteiger charge is -2.19. The molecule has 162 valence electrons. The van der Waals surface area contributed by atoms with Gasteiger partial charge in [-0.15, -0.1) is 0 Å². The fraction of sp³-hybridized carbons (Fsp3) is 0.273. The van der Waals surface area contributed by atoms with E-state index in [1.54, 1.807) is 24.4 Å². The Kier molecular flexibility index (Phi) is 7.65. The van der Waals surface area contributed by atoms with E-state index in [9.17, 15) is 0 Å². The van der Waals surface area contributed by atoms with Gasteiger partial charge in [0.1, 0.15) is 0 Å². The number of aromatic nitrogens is 3. The zero-order valence-corrected chi connectivity index (χ0v) is 19.5. The highest BCUT2D eigenvalue weighted by molar-refractivity contribution is 6.36. The van der Waals surface area contributed by atoms with E-state index >= 15 is 0 Å². The minimum Gasteiger partial charge on any atom is -0.341 e. The second-order valence-corrected chi connectivity index (χ2v) is 7.78. The van der Waals surface area contributed by atoms with Crippen LogP contribution in [0.3, 0.4) is 0 Å². The first-order valence-electron chi connectivity index (χ1n) is 9.99. The molecule has 0 spiro atoms. The Balaban J connectivity index is 1.89. The highest BCUT2D eigenvalue weighted by atomic mass is 35.5. The fourth-order valence-corrected chi connectivity index (χ4v) is 3.33. The minimum atomic E-state index is 0.325. The van der Waals surface area contributed by atoms with Crippen LogP contribution in [0.15, 0.2) is 41.5 Å². The van der Waals surface area contributed by atoms with Gasteiger partial charge in [0.15, 0.2) is 0 Å². The maximum absolute atomic E-state index is 6.20. The van der Waals surface area contributed by atoms with Crippen molar-refractivity contribution < 1.29 is 0 Å². The van der Waals surface area contributed by atoms with Crippen molar-refractivity contribution in [2.75, 3.05) is 28.7 Å². The van der Waals surface area contributed by atoms with Gasteiger partial charge in [-0.25, -0.2) is 5.43 Å². The predicted octanol–water partition coefficient (Wildman–Crippen LogP) is 5.83. The summed E-state index contributed by atoms with van der Waals surface area (Å²) >= 11 is 12.1. The van der Waals surface area contributed by atoms with Crippen LogP contribution >= 0.6 is 23.2 Å². The summed E-state index contributed by atoms with van der Waals surface area (Å²) in [6.07, 6.45) is 1.59. The van der Waals surface area contributed by atoms with Crippen LogP contribution in [0.1, 0.15) is 30.5 Å². The van der Waals surface area contributed by atoms with Crippen LogP contribution in [-0.2, 0) is 0 Å². The zero-order valence-electron chi connectivity index (χ0n) is 17.9. The standard InChI is InChI=1S/C22H25Cl2N7/c1-5-31(6-2)22-28-20(26-19-11-14(3)7-8-15(19)4)27-21(29-22)30-25-13-16-9-10-17(23)12-18(16)24/h7-13H,5-6H2,1-4H3,(H2,26,27,28,29,30)/b25-13-. The molecule has 7 nitrogen and oxygen atoms in total. The van der Waals surface area contributed by atoms with E-state index in [1.807, 2.05) is 18.7 Å². The van der Waals surface area contributed by atoms with Gasteiger partial charge in [-0.2, -0.15) is 20.1 Å². The Bertz CT molecular complexity index is 1080. The average molecular weight is 458 g/mol. The molecule has 0 unspecified atom stereocenters. The molecule has 0 atom stereocenters. The van der Waals surface area contributed by atoms with Crippen LogP contribution in [0.4, 0.5) is 23.5 Å². The molecule has 9 heteroatoms. The lowest BCUT2D eigenvalue weighted by molar-refractivity contribution is 0.814. The summed E-state index contributed by atoms with van der Waals surface area (Å²) in [7, 11) is 0. The number of nitrogens with one attached hydrogen (secondary N) is 2. The third kappa shape index (κ3) is 6.06. The number of aryl methyl sites for hydroxylation is 2. The van der Waals surface area contributed by atoms with E-state index in [2.05, 4.69) is 62.8 Å². The fourth-order valence-electron chi connectivity index (χ4n) is 2.88. The maximum Gasteiger partial charge on any atom is 0.250 e. The van der Waals surface area contributed by atoms with E-state index in [0.29, 0.717) is 27.9 Å². The van der Waals surface area contributed by atoms with Gasteiger partial charge >= 0.3 is 0 Å². The quantitative estimate of drug-likeness (QED) is 0.327. The van der Waals surface area contributed by atoms with Crippen LogP contribution in [0.25, 0.3) is 0 Å². The van der Waals surface area contributed by atoms with Crippen LogP contribution in [-0.4, -0.2) is 34.3 Å². The summed E-state index contributed by atoms with van der Waals surface area (Å²) in [6.45, 7) is 9.73. The van der Waals surface area contributed by atoms with Gasteiger partial charge in [-0.1, -0.05) is 41.4 Å². The average Bonchev–Trinajstić information content (AvgIpc) is 2.73. The summed E-state index contributed by atoms with van der Waals surface area (Å²) in [6, 6.07) is 11.4. The second-order valence-electron chi connectivity index (χ2n) is 6.93. The highest BCUT2D eigenvalue weighted by Gasteiger charge is 2.12. The number of hydrogen-bond donors (Lipinski definition) is 2. The first-order valence-corrected chi connectivity index (χ1v) is 10.7. The van der Waals surface area contributed by atoms with E-state index in [4.69, 9.17) is 23.2 Å². The third-order valence-corrected chi connectivity index (χ3v) is 5.20. The predicted molar refractivity (Wildman–Crippen MR) is 130 cm³/mol. The van der Waals surface area contributed by atoms with Crippen molar-refractivity contribution in [3.63, 3.8) is 0 Å².